The average molecular weight is 418 g/mol. The Hall–Kier alpha value is -1.81. The molecule has 1 aliphatic heterocycles. The fraction of sp³-hybridized carbons (Fsp3) is 0.870. The van der Waals surface area contributed by atoms with E-state index in [1.54, 1.807) is 25.7 Å². The van der Waals surface area contributed by atoms with Gasteiger partial charge in [0.25, 0.3) is 0 Å². The third-order valence-electron chi connectivity index (χ3n) is 7.53. The van der Waals surface area contributed by atoms with E-state index in [-0.39, 0.29) is 5.91 Å². The molecule has 7 heteroatoms. The quantitative estimate of drug-likeness (QED) is 0.734. The van der Waals surface area contributed by atoms with Crippen LogP contribution in [0.3, 0.4) is 0 Å². The van der Waals surface area contributed by atoms with Crippen LogP contribution in [0, 0.1) is 28.6 Å². The first kappa shape index (κ1) is 21.4. The van der Waals surface area contributed by atoms with Gasteiger partial charge in [0.2, 0.25) is 5.91 Å². The molecule has 7 nitrogen and oxygen atoms in total. The Balaban J connectivity index is 1.65. The summed E-state index contributed by atoms with van der Waals surface area (Å²) < 4.78 is 5.50. The molecular formula is C23H35N3O4. The average Bonchev–Trinajstić information content (AvgIpc) is 2.62. The molecule has 4 saturated carbocycles. The molecule has 2 amide bonds. The van der Waals surface area contributed by atoms with Gasteiger partial charge in [0, 0.05) is 12.0 Å². The number of piperidine rings is 1. The lowest BCUT2D eigenvalue weighted by molar-refractivity contribution is -0.180. The SMILES string of the molecule is CC(C)(C)OC(=O)N[C@H](C(=O)N1CCCC[C@H]1C#N)C12CC3CC(CC(O)(C3)C1)C2. The number of likely N-dealkylation sites (tertiary alicyclic amines) is 1. The molecule has 30 heavy (non-hydrogen) atoms. The normalized spacial score (nSPS) is 38.6. The predicted octanol–water partition coefficient (Wildman–Crippen LogP) is 3.12. The number of hydrogen-bond donors (Lipinski definition) is 2. The summed E-state index contributed by atoms with van der Waals surface area (Å²) in [6.45, 7) is 5.93. The number of hydrogen-bond acceptors (Lipinski definition) is 5. The molecule has 4 aliphatic carbocycles. The first-order valence-corrected chi connectivity index (χ1v) is 11.4. The van der Waals surface area contributed by atoms with E-state index >= 15 is 0 Å². The second-order valence-electron chi connectivity index (χ2n) is 11.3. The van der Waals surface area contributed by atoms with Crippen molar-refractivity contribution in [3.63, 3.8) is 0 Å². The van der Waals surface area contributed by atoms with E-state index in [1.807, 2.05) is 0 Å². The van der Waals surface area contributed by atoms with Crippen LogP contribution in [0.2, 0.25) is 0 Å². The Bertz CT molecular complexity index is 739. The van der Waals surface area contributed by atoms with Gasteiger partial charge in [-0.2, -0.15) is 5.26 Å². The zero-order valence-corrected chi connectivity index (χ0v) is 18.4. The highest BCUT2D eigenvalue weighted by Gasteiger charge is 2.62. The number of nitrogens with zero attached hydrogens (tertiary/aromatic N) is 2. The molecular weight excluding hydrogens is 382 g/mol. The Kier molecular flexibility index (Phi) is 5.29. The summed E-state index contributed by atoms with van der Waals surface area (Å²) in [6.07, 6.45) is 6.76. The number of nitriles is 1. The highest BCUT2D eigenvalue weighted by Crippen LogP contribution is 2.63. The van der Waals surface area contributed by atoms with Gasteiger partial charge in [0.05, 0.1) is 11.7 Å². The molecule has 4 bridgehead atoms. The van der Waals surface area contributed by atoms with E-state index in [0.717, 1.165) is 44.9 Å². The second kappa shape index (κ2) is 7.40. The van der Waals surface area contributed by atoms with Crippen LogP contribution < -0.4 is 5.32 Å². The van der Waals surface area contributed by atoms with Crippen molar-refractivity contribution in [3.05, 3.63) is 0 Å². The molecule has 1 heterocycles. The van der Waals surface area contributed by atoms with E-state index in [9.17, 15) is 20.0 Å². The van der Waals surface area contributed by atoms with Crippen LogP contribution in [-0.2, 0) is 9.53 Å². The zero-order chi connectivity index (χ0) is 21.7. The van der Waals surface area contributed by atoms with Crippen molar-refractivity contribution in [1.82, 2.24) is 10.2 Å². The molecule has 5 aliphatic rings. The smallest absolute Gasteiger partial charge is 0.408 e. The fourth-order valence-electron chi connectivity index (χ4n) is 7.02. The van der Waals surface area contributed by atoms with Crippen LogP contribution in [-0.4, -0.2) is 51.8 Å². The third-order valence-corrected chi connectivity index (χ3v) is 7.53. The summed E-state index contributed by atoms with van der Waals surface area (Å²) in [5.41, 5.74) is -1.88. The van der Waals surface area contributed by atoms with Gasteiger partial charge in [0.1, 0.15) is 17.7 Å². The van der Waals surface area contributed by atoms with Crippen molar-refractivity contribution < 1.29 is 19.4 Å². The number of carbonyl (C=O) groups is 2. The third kappa shape index (κ3) is 4.03. The molecule has 0 spiro atoms. The van der Waals surface area contributed by atoms with Crippen molar-refractivity contribution in [1.29, 1.82) is 5.26 Å². The number of carbonyl (C=O) groups excluding carboxylic acids is 2. The summed E-state index contributed by atoms with van der Waals surface area (Å²) in [5, 5.41) is 23.7. The van der Waals surface area contributed by atoms with Crippen LogP contribution >= 0.6 is 0 Å². The Morgan fingerprint density at radius 2 is 1.87 bits per heavy atom. The lowest BCUT2D eigenvalue weighted by atomic mass is 9.46. The number of ether oxygens (including phenoxy) is 1. The van der Waals surface area contributed by atoms with Crippen LogP contribution in [0.1, 0.15) is 78.6 Å². The number of aliphatic hydroxyl groups is 1. The maximum atomic E-state index is 13.8. The lowest BCUT2D eigenvalue weighted by Crippen LogP contribution is -2.67. The van der Waals surface area contributed by atoms with Crippen molar-refractivity contribution in [2.24, 2.45) is 17.3 Å². The highest BCUT2D eigenvalue weighted by molar-refractivity contribution is 5.87. The molecule has 2 unspecified atom stereocenters. The van der Waals surface area contributed by atoms with Crippen molar-refractivity contribution >= 4 is 12.0 Å². The summed E-state index contributed by atoms with van der Waals surface area (Å²) >= 11 is 0. The molecule has 166 valence electrons. The van der Waals surface area contributed by atoms with Crippen LogP contribution in [0.5, 0.6) is 0 Å². The minimum atomic E-state index is -0.765. The van der Waals surface area contributed by atoms with E-state index in [2.05, 4.69) is 11.4 Å². The van der Waals surface area contributed by atoms with Crippen LogP contribution in [0.4, 0.5) is 4.79 Å². The van der Waals surface area contributed by atoms with Gasteiger partial charge < -0.3 is 20.1 Å². The largest absolute Gasteiger partial charge is 0.444 e. The number of amides is 2. The van der Waals surface area contributed by atoms with Crippen molar-refractivity contribution in [3.8, 4) is 6.07 Å². The van der Waals surface area contributed by atoms with Gasteiger partial charge in [-0.25, -0.2) is 4.79 Å². The summed E-state index contributed by atoms with van der Waals surface area (Å²) in [4.78, 5) is 28.2. The first-order chi connectivity index (χ1) is 14.0. The minimum Gasteiger partial charge on any atom is -0.444 e. The Morgan fingerprint density at radius 3 is 2.43 bits per heavy atom. The van der Waals surface area contributed by atoms with Gasteiger partial charge in [-0.1, -0.05) is 0 Å². The standard InChI is InChI=1S/C23H35N3O4/c1-21(2,3)30-20(28)25-18(19(27)26-7-5-4-6-17(26)13-24)22-9-15-8-16(10-22)12-23(29,11-15)14-22/h15-18,29H,4-12,14H2,1-3H3,(H,25,28)/t15?,16?,17-,18+,22?,23?/m0/s1. The van der Waals surface area contributed by atoms with Crippen molar-refractivity contribution in [2.45, 2.75) is 102 Å². The topological polar surface area (TPSA) is 103 Å². The molecule has 0 aromatic carbocycles. The Morgan fingerprint density at radius 1 is 1.20 bits per heavy atom. The highest BCUT2D eigenvalue weighted by atomic mass is 16.6. The number of rotatable bonds is 3. The van der Waals surface area contributed by atoms with Crippen LogP contribution in [0.15, 0.2) is 0 Å². The molecule has 1 saturated heterocycles. The first-order valence-electron chi connectivity index (χ1n) is 11.4. The molecule has 5 rings (SSSR count). The van der Waals surface area contributed by atoms with Crippen molar-refractivity contribution in [2.75, 3.05) is 6.54 Å². The predicted molar refractivity (Wildman–Crippen MR) is 110 cm³/mol. The molecule has 0 radical (unpaired) electrons. The van der Waals surface area contributed by atoms with Gasteiger partial charge >= 0.3 is 6.09 Å². The second-order valence-corrected chi connectivity index (χ2v) is 11.3. The summed E-state index contributed by atoms with van der Waals surface area (Å²) in [5.74, 6) is 0.595. The molecule has 4 atom stereocenters. The summed E-state index contributed by atoms with van der Waals surface area (Å²) in [7, 11) is 0. The summed E-state index contributed by atoms with van der Waals surface area (Å²) in [6, 6.07) is 1.06. The molecule has 5 fully saturated rings. The minimum absolute atomic E-state index is 0.183. The van der Waals surface area contributed by atoms with Gasteiger partial charge in [-0.15, -0.1) is 0 Å². The van der Waals surface area contributed by atoms with Gasteiger partial charge in [-0.05, 0) is 90.4 Å². The van der Waals surface area contributed by atoms with E-state index in [1.165, 1.54) is 0 Å². The van der Waals surface area contributed by atoms with Gasteiger partial charge in [-0.3, -0.25) is 4.79 Å². The van der Waals surface area contributed by atoms with E-state index in [4.69, 9.17) is 4.74 Å². The van der Waals surface area contributed by atoms with E-state index < -0.39 is 34.8 Å². The zero-order valence-electron chi connectivity index (χ0n) is 18.4. The molecule has 0 aromatic heterocycles. The van der Waals surface area contributed by atoms with Gasteiger partial charge in [0.15, 0.2) is 0 Å². The lowest BCUT2D eigenvalue weighted by Gasteiger charge is -2.62. The molecule has 0 aromatic rings. The monoisotopic (exact) mass is 417 g/mol. The maximum absolute atomic E-state index is 13.8. The maximum Gasteiger partial charge on any atom is 0.408 e. The molecule has 2 N–H and O–H groups in total. The number of nitrogens with one attached hydrogen (secondary N) is 1. The van der Waals surface area contributed by atoms with E-state index in [0.29, 0.717) is 31.2 Å². The fourth-order valence-corrected chi connectivity index (χ4v) is 7.02. The Labute approximate surface area is 179 Å². The van der Waals surface area contributed by atoms with Crippen LogP contribution in [0.25, 0.3) is 0 Å². The number of alkyl carbamates (subject to hydrolysis) is 1.